The lowest BCUT2D eigenvalue weighted by Gasteiger charge is -2.06. The van der Waals surface area contributed by atoms with Gasteiger partial charge >= 0.3 is 0 Å². The number of benzene rings is 1. The first-order chi connectivity index (χ1) is 10.2. The molecule has 0 radical (unpaired) electrons. The van der Waals surface area contributed by atoms with Gasteiger partial charge < -0.3 is 4.74 Å². The van der Waals surface area contributed by atoms with Gasteiger partial charge in [0.15, 0.2) is 11.6 Å². The van der Waals surface area contributed by atoms with E-state index in [1.54, 1.807) is 0 Å². The molecule has 0 saturated heterocycles. The summed E-state index contributed by atoms with van der Waals surface area (Å²) in [5, 5.41) is 9.29. The molecule has 0 unspecified atom stereocenters. The fraction of sp³-hybridized carbons (Fsp3) is 0. The Balaban J connectivity index is 1.94. The normalized spacial score (nSPS) is 10.6. The van der Waals surface area contributed by atoms with E-state index in [0.717, 1.165) is 12.1 Å². The Hall–Kier alpha value is -2.87. The van der Waals surface area contributed by atoms with E-state index in [1.165, 1.54) is 24.5 Å². The van der Waals surface area contributed by atoms with Gasteiger partial charge in [-0.05, 0) is 12.1 Å². The van der Waals surface area contributed by atoms with E-state index >= 15 is 0 Å². The van der Waals surface area contributed by atoms with Gasteiger partial charge in [0, 0.05) is 23.7 Å². The van der Waals surface area contributed by atoms with Crippen molar-refractivity contribution in [1.82, 2.24) is 15.0 Å². The summed E-state index contributed by atoms with van der Waals surface area (Å²) < 4.78 is 31.6. The summed E-state index contributed by atoms with van der Waals surface area (Å²) in [6.07, 6.45) is 2.82. The van der Waals surface area contributed by atoms with E-state index in [2.05, 4.69) is 15.0 Å². The van der Waals surface area contributed by atoms with Crippen molar-refractivity contribution in [3.05, 3.63) is 48.3 Å². The molecular weight excluding hydrogens is 282 g/mol. The zero-order valence-corrected chi connectivity index (χ0v) is 10.4. The number of ether oxygens (including phenoxy) is 1. The standard InChI is InChI=1S/C13H8F2N4O2/c14-8-1-2-11(9(15)4-8)21-12-3-7-5-17-13(19-20)18-10(7)6-16-12/h1-6,20H,(H,17,18,19). The molecular formula is C13H8F2N4O2. The molecule has 8 heteroatoms. The van der Waals surface area contributed by atoms with Crippen LogP contribution in [0.25, 0.3) is 10.9 Å². The molecule has 2 N–H and O–H groups in total. The van der Waals surface area contributed by atoms with Crippen LogP contribution >= 0.6 is 0 Å². The van der Waals surface area contributed by atoms with E-state index in [-0.39, 0.29) is 17.6 Å². The van der Waals surface area contributed by atoms with Crippen molar-refractivity contribution >= 4 is 16.9 Å². The van der Waals surface area contributed by atoms with E-state index in [9.17, 15) is 8.78 Å². The summed E-state index contributed by atoms with van der Waals surface area (Å²) in [6, 6.07) is 4.48. The number of hydrogen-bond acceptors (Lipinski definition) is 6. The smallest absolute Gasteiger partial charge is 0.247 e. The van der Waals surface area contributed by atoms with Gasteiger partial charge in [-0.15, -0.1) is 0 Å². The number of halogens is 2. The van der Waals surface area contributed by atoms with E-state index < -0.39 is 11.6 Å². The second-order valence-electron chi connectivity index (χ2n) is 4.06. The highest BCUT2D eigenvalue weighted by Gasteiger charge is 2.08. The van der Waals surface area contributed by atoms with Gasteiger partial charge in [-0.3, -0.25) is 5.21 Å². The SMILES string of the molecule is ONc1ncc2cc(Oc3ccc(F)cc3F)ncc2n1. The van der Waals surface area contributed by atoms with Gasteiger partial charge in [0.1, 0.15) is 5.82 Å². The molecule has 0 aliphatic rings. The van der Waals surface area contributed by atoms with Crippen LogP contribution in [0, 0.1) is 11.6 Å². The number of rotatable bonds is 3. The molecule has 0 spiro atoms. The summed E-state index contributed by atoms with van der Waals surface area (Å²) in [5.74, 6) is -1.52. The lowest BCUT2D eigenvalue weighted by Crippen LogP contribution is -1.97. The predicted octanol–water partition coefficient (Wildman–Crippen LogP) is 2.90. The Morgan fingerprint density at radius 2 is 1.95 bits per heavy atom. The molecule has 0 atom stereocenters. The second kappa shape index (κ2) is 5.25. The van der Waals surface area contributed by atoms with Crippen molar-refractivity contribution in [2.75, 3.05) is 5.48 Å². The summed E-state index contributed by atoms with van der Waals surface area (Å²) in [6.45, 7) is 0. The molecule has 2 aromatic heterocycles. The highest BCUT2D eigenvalue weighted by atomic mass is 19.1. The molecule has 0 bridgehead atoms. The third-order valence-electron chi connectivity index (χ3n) is 2.65. The maximum Gasteiger partial charge on any atom is 0.247 e. The molecule has 3 aromatic rings. The van der Waals surface area contributed by atoms with Crippen LogP contribution in [0.1, 0.15) is 0 Å². The number of anilines is 1. The third-order valence-corrected chi connectivity index (χ3v) is 2.65. The van der Waals surface area contributed by atoms with Gasteiger partial charge in [0.25, 0.3) is 0 Å². The van der Waals surface area contributed by atoms with E-state index in [0.29, 0.717) is 10.9 Å². The molecule has 0 aliphatic heterocycles. The van der Waals surface area contributed by atoms with Crippen LogP contribution in [0.2, 0.25) is 0 Å². The number of pyridine rings is 1. The van der Waals surface area contributed by atoms with Crippen LogP contribution in [0.5, 0.6) is 11.6 Å². The fourth-order valence-electron chi connectivity index (χ4n) is 1.69. The van der Waals surface area contributed by atoms with Crippen molar-refractivity contribution < 1.29 is 18.7 Å². The maximum atomic E-state index is 13.5. The number of hydrogen-bond donors (Lipinski definition) is 2. The van der Waals surface area contributed by atoms with E-state index in [1.807, 2.05) is 5.48 Å². The van der Waals surface area contributed by atoms with Crippen LogP contribution in [-0.2, 0) is 0 Å². The first-order valence-corrected chi connectivity index (χ1v) is 5.81. The predicted molar refractivity (Wildman–Crippen MR) is 69.2 cm³/mol. The van der Waals surface area contributed by atoms with Gasteiger partial charge in [-0.25, -0.2) is 29.2 Å². The first-order valence-electron chi connectivity index (χ1n) is 5.81. The number of aromatic nitrogens is 3. The first kappa shape index (κ1) is 13.1. The average molecular weight is 290 g/mol. The van der Waals surface area contributed by atoms with Crippen molar-refractivity contribution in [3.63, 3.8) is 0 Å². The lowest BCUT2D eigenvalue weighted by atomic mass is 10.3. The number of nitrogens with one attached hydrogen (secondary N) is 1. The minimum Gasteiger partial charge on any atom is -0.436 e. The molecule has 0 fully saturated rings. The lowest BCUT2D eigenvalue weighted by molar-refractivity contribution is 0.383. The maximum absolute atomic E-state index is 13.5. The number of nitrogens with zero attached hydrogens (tertiary/aromatic N) is 3. The molecule has 2 heterocycles. The van der Waals surface area contributed by atoms with Gasteiger partial charge in [-0.2, -0.15) is 0 Å². The fourth-order valence-corrected chi connectivity index (χ4v) is 1.69. The van der Waals surface area contributed by atoms with Gasteiger partial charge in [-0.1, -0.05) is 0 Å². The van der Waals surface area contributed by atoms with E-state index in [4.69, 9.17) is 9.94 Å². The van der Waals surface area contributed by atoms with Crippen molar-refractivity contribution in [2.45, 2.75) is 0 Å². The molecule has 21 heavy (non-hydrogen) atoms. The average Bonchev–Trinajstić information content (AvgIpc) is 2.49. The molecule has 6 nitrogen and oxygen atoms in total. The Morgan fingerprint density at radius 3 is 2.71 bits per heavy atom. The topological polar surface area (TPSA) is 80.2 Å². The monoisotopic (exact) mass is 290 g/mol. The quantitative estimate of drug-likeness (QED) is 0.722. The minimum atomic E-state index is -0.826. The van der Waals surface area contributed by atoms with Crippen LogP contribution < -0.4 is 10.2 Å². The highest BCUT2D eigenvalue weighted by Crippen LogP contribution is 2.25. The summed E-state index contributed by atoms with van der Waals surface area (Å²) in [7, 11) is 0. The van der Waals surface area contributed by atoms with Gasteiger partial charge in [0.05, 0.1) is 11.7 Å². The summed E-state index contributed by atoms with van der Waals surface area (Å²) >= 11 is 0. The number of fused-ring (bicyclic) bond motifs is 1. The van der Waals surface area contributed by atoms with Crippen molar-refractivity contribution in [1.29, 1.82) is 0 Å². The Bertz CT molecular complexity index is 813. The molecule has 0 saturated carbocycles. The van der Waals surface area contributed by atoms with Crippen LogP contribution in [0.4, 0.5) is 14.7 Å². The summed E-state index contributed by atoms with van der Waals surface area (Å²) in [4.78, 5) is 11.7. The molecule has 106 valence electrons. The molecule has 0 aliphatic carbocycles. The van der Waals surface area contributed by atoms with Crippen molar-refractivity contribution in [2.24, 2.45) is 0 Å². The zero-order chi connectivity index (χ0) is 14.8. The van der Waals surface area contributed by atoms with Gasteiger partial charge in [0.2, 0.25) is 11.8 Å². The van der Waals surface area contributed by atoms with Crippen molar-refractivity contribution in [3.8, 4) is 11.6 Å². The Labute approximate surface area is 117 Å². The van der Waals surface area contributed by atoms with Crippen LogP contribution in [0.15, 0.2) is 36.7 Å². The summed E-state index contributed by atoms with van der Waals surface area (Å²) in [5.41, 5.74) is 2.29. The second-order valence-corrected chi connectivity index (χ2v) is 4.06. The highest BCUT2D eigenvalue weighted by molar-refractivity contribution is 5.78. The Morgan fingerprint density at radius 1 is 1.10 bits per heavy atom. The largest absolute Gasteiger partial charge is 0.436 e. The minimum absolute atomic E-state index is 0.0301. The third kappa shape index (κ3) is 2.70. The molecule has 0 amide bonds. The molecule has 3 rings (SSSR count). The van der Waals surface area contributed by atoms with Crippen LogP contribution in [0.3, 0.4) is 0 Å². The Kier molecular flexibility index (Phi) is 3.28. The van der Waals surface area contributed by atoms with Crippen LogP contribution in [-0.4, -0.2) is 20.2 Å². The zero-order valence-electron chi connectivity index (χ0n) is 10.4. The molecule has 1 aromatic carbocycles.